The Hall–Kier alpha value is -0.410. The van der Waals surface area contributed by atoms with Gasteiger partial charge in [0.05, 0.1) is 4.47 Å². The average Bonchev–Trinajstić information content (AvgIpc) is 2.33. The summed E-state index contributed by atoms with van der Waals surface area (Å²) in [5, 5.41) is 0. The zero-order chi connectivity index (χ0) is 13.2. The fourth-order valence-corrected chi connectivity index (χ4v) is 3.51. The molecule has 1 fully saturated rings. The van der Waals surface area contributed by atoms with Gasteiger partial charge in [-0.05, 0) is 58.8 Å². The van der Waals surface area contributed by atoms with E-state index in [4.69, 9.17) is 5.73 Å². The Morgan fingerprint density at radius 2 is 2.28 bits per heavy atom. The second kappa shape index (κ2) is 5.70. The predicted molar refractivity (Wildman–Crippen MR) is 77.0 cm³/mol. The van der Waals surface area contributed by atoms with Crippen molar-refractivity contribution in [1.29, 1.82) is 0 Å². The Morgan fingerprint density at radius 1 is 1.50 bits per heavy atom. The SMILES string of the molecule is CCC1CCCC(N)(Cc2ccc(F)c(Br)c2)C1. The third-order valence-electron chi connectivity index (χ3n) is 4.10. The molecule has 1 nitrogen and oxygen atoms in total. The van der Waals surface area contributed by atoms with Crippen molar-refractivity contribution in [3.8, 4) is 0 Å². The summed E-state index contributed by atoms with van der Waals surface area (Å²) in [6, 6.07) is 5.23. The summed E-state index contributed by atoms with van der Waals surface area (Å²) >= 11 is 3.24. The Kier molecular flexibility index (Phi) is 4.44. The molecule has 0 bridgehead atoms. The van der Waals surface area contributed by atoms with Crippen LogP contribution in [0.15, 0.2) is 22.7 Å². The van der Waals surface area contributed by atoms with Crippen molar-refractivity contribution in [3.63, 3.8) is 0 Å². The molecule has 0 aromatic heterocycles. The van der Waals surface area contributed by atoms with Crippen LogP contribution in [0.2, 0.25) is 0 Å². The molecule has 18 heavy (non-hydrogen) atoms. The van der Waals surface area contributed by atoms with Crippen LogP contribution < -0.4 is 5.73 Å². The second-order valence-electron chi connectivity index (χ2n) is 5.66. The van der Waals surface area contributed by atoms with E-state index in [0.29, 0.717) is 4.47 Å². The summed E-state index contributed by atoms with van der Waals surface area (Å²) in [6.07, 6.45) is 6.77. The quantitative estimate of drug-likeness (QED) is 0.877. The average molecular weight is 314 g/mol. The molecule has 0 amide bonds. The fraction of sp³-hybridized carbons (Fsp3) is 0.600. The molecule has 0 saturated heterocycles. The molecular formula is C15H21BrFN. The van der Waals surface area contributed by atoms with Gasteiger partial charge in [-0.15, -0.1) is 0 Å². The van der Waals surface area contributed by atoms with Gasteiger partial charge in [-0.2, -0.15) is 0 Å². The smallest absolute Gasteiger partial charge is 0.137 e. The molecule has 100 valence electrons. The highest BCUT2D eigenvalue weighted by Gasteiger charge is 2.32. The molecule has 1 aromatic rings. The molecule has 1 aromatic carbocycles. The summed E-state index contributed by atoms with van der Waals surface area (Å²) in [5.41, 5.74) is 7.56. The number of hydrogen-bond donors (Lipinski definition) is 1. The van der Waals surface area contributed by atoms with E-state index in [-0.39, 0.29) is 11.4 Å². The minimum Gasteiger partial charge on any atom is -0.325 e. The van der Waals surface area contributed by atoms with E-state index in [2.05, 4.69) is 22.9 Å². The van der Waals surface area contributed by atoms with E-state index in [1.165, 1.54) is 25.3 Å². The third kappa shape index (κ3) is 3.33. The van der Waals surface area contributed by atoms with Crippen molar-refractivity contribution in [2.24, 2.45) is 11.7 Å². The van der Waals surface area contributed by atoms with Crippen LogP contribution in [-0.4, -0.2) is 5.54 Å². The maximum Gasteiger partial charge on any atom is 0.137 e. The number of nitrogens with two attached hydrogens (primary N) is 1. The van der Waals surface area contributed by atoms with Gasteiger partial charge in [0.25, 0.3) is 0 Å². The normalized spacial score (nSPS) is 28.3. The lowest BCUT2D eigenvalue weighted by atomic mass is 9.72. The molecule has 0 heterocycles. The lowest BCUT2D eigenvalue weighted by Gasteiger charge is -2.38. The van der Waals surface area contributed by atoms with Gasteiger partial charge in [0, 0.05) is 5.54 Å². The van der Waals surface area contributed by atoms with Crippen molar-refractivity contribution in [3.05, 3.63) is 34.1 Å². The molecule has 0 radical (unpaired) electrons. The summed E-state index contributed by atoms with van der Waals surface area (Å²) in [6.45, 7) is 2.24. The molecule has 1 aliphatic rings. The van der Waals surface area contributed by atoms with Crippen molar-refractivity contribution in [1.82, 2.24) is 0 Å². The highest BCUT2D eigenvalue weighted by Crippen LogP contribution is 2.35. The van der Waals surface area contributed by atoms with Gasteiger partial charge in [-0.3, -0.25) is 0 Å². The minimum atomic E-state index is -0.208. The van der Waals surface area contributed by atoms with Crippen molar-refractivity contribution in [2.45, 2.75) is 51.0 Å². The Morgan fingerprint density at radius 3 is 2.94 bits per heavy atom. The Labute approximate surface area is 117 Å². The minimum absolute atomic E-state index is 0.101. The zero-order valence-electron chi connectivity index (χ0n) is 10.9. The van der Waals surface area contributed by atoms with Crippen LogP contribution in [0.5, 0.6) is 0 Å². The summed E-state index contributed by atoms with van der Waals surface area (Å²) in [4.78, 5) is 0. The van der Waals surface area contributed by atoms with E-state index in [1.54, 1.807) is 0 Å². The van der Waals surface area contributed by atoms with Crippen molar-refractivity contribution < 1.29 is 4.39 Å². The maximum atomic E-state index is 13.2. The van der Waals surface area contributed by atoms with Crippen LogP contribution in [-0.2, 0) is 6.42 Å². The molecule has 2 N–H and O–H groups in total. The van der Waals surface area contributed by atoms with Gasteiger partial charge >= 0.3 is 0 Å². The largest absolute Gasteiger partial charge is 0.325 e. The van der Waals surface area contributed by atoms with Crippen molar-refractivity contribution >= 4 is 15.9 Å². The summed E-state index contributed by atoms with van der Waals surface area (Å²) in [7, 11) is 0. The van der Waals surface area contributed by atoms with E-state index >= 15 is 0 Å². The molecule has 1 saturated carbocycles. The third-order valence-corrected chi connectivity index (χ3v) is 4.71. The molecule has 1 aliphatic carbocycles. The number of hydrogen-bond acceptors (Lipinski definition) is 1. The molecule has 3 heteroatoms. The van der Waals surface area contributed by atoms with Gasteiger partial charge in [-0.25, -0.2) is 4.39 Å². The van der Waals surface area contributed by atoms with Crippen LogP contribution >= 0.6 is 15.9 Å². The van der Waals surface area contributed by atoms with Crippen molar-refractivity contribution in [2.75, 3.05) is 0 Å². The number of halogens is 2. The number of rotatable bonds is 3. The monoisotopic (exact) mass is 313 g/mol. The van der Waals surface area contributed by atoms with E-state index in [0.717, 1.165) is 30.7 Å². The van der Waals surface area contributed by atoms with Gasteiger partial charge in [0.15, 0.2) is 0 Å². The maximum absolute atomic E-state index is 13.2. The highest BCUT2D eigenvalue weighted by atomic mass is 79.9. The molecule has 0 spiro atoms. The summed E-state index contributed by atoms with van der Waals surface area (Å²) in [5.74, 6) is 0.549. The molecule has 2 atom stereocenters. The summed E-state index contributed by atoms with van der Waals surface area (Å²) < 4.78 is 13.7. The highest BCUT2D eigenvalue weighted by molar-refractivity contribution is 9.10. The van der Waals surface area contributed by atoms with Gasteiger partial charge in [-0.1, -0.05) is 32.3 Å². The van der Waals surface area contributed by atoms with E-state index < -0.39 is 0 Å². The van der Waals surface area contributed by atoms with Gasteiger partial charge in [0.1, 0.15) is 5.82 Å². The molecule has 2 rings (SSSR count). The predicted octanol–water partition coefficient (Wildman–Crippen LogP) is 4.43. The Balaban J connectivity index is 2.09. The van der Waals surface area contributed by atoms with Crippen LogP contribution in [0.3, 0.4) is 0 Å². The van der Waals surface area contributed by atoms with Gasteiger partial charge in [0.2, 0.25) is 0 Å². The van der Waals surface area contributed by atoms with Crippen LogP contribution in [0.1, 0.15) is 44.6 Å². The van der Waals surface area contributed by atoms with Gasteiger partial charge < -0.3 is 5.73 Å². The van der Waals surface area contributed by atoms with E-state index in [1.807, 2.05) is 12.1 Å². The van der Waals surface area contributed by atoms with E-state index in [9.17, 15) is 4.39 Å². The first kappa shape index (κ1) is 14.0. The lowest BCUT2D eigenvalue weighted by molar-refractivity contribution is 0.218. The Bertz CT molecular complexity index is 421. The first-order valence-corrected chi connectivity index (χ1v) is 7.54. The standard InChI is InChI=1S/C15H21BrFN/c1-2-11-4-3-7-15(18,9-11)10-12-5-6-14(17)13(16)8-12/h5-6,8,11H,2-4,7,9-10,18H2,1H3. The molecule has 0 aliphatic heterocycles. The number of benzene rings is 1. The van der Waals surface area contributed by atoms with Crippen LogP contribution in [0, 0.1) is 11.7 Å². The zero-order valence-corrected chi connectivity index (χ0v) is 12.5. The first-order valence-electron chi connectivity index (χ1n) is 6.75. The van der Waals surface area contributed by atoms with Crippen LogP contribution in [0.25, 0.3) is 0 Å². The van der Waals surface area contributed by atoms with Crippen LogP contribution in [0.4, 0.5) is 4.39 Å². The fourth-order valence-electron chi connectivity index (χ4n) is 3.09. The topological polar surface area (TPSA) is 26.0 Å². The first-order chi connectivity index (χ1) is 8.52. The molecule has 2 unspecified atom stereocenters. The molecular weight excluding hydrogens is 293 g/mol. The second-order valence-corrected chi connectivity index (χ2v) is 6.51. The lowest BCUT2D eigenvalue weighted by Crippen LogP contribution is -2.46.